The SMILES string of the molecule is COc1ccc(N)cc1CCCN. The lowest BCUT2D eigenvalue weighted by molar-refractivity contribution is 0.409. The van der Waals surface area contributed by atoms with Gasteiger partial charge < -0.3 is 16.2 Å². The fourth-order valence-corrected chi connectivity index (χ4v) is 1.29. The minimum atomic E-state index is 0.692. The van der Waals surface area contributed by atoms with Crippen LogP contribution in [0.25, 0.3) is 0 Å². The molecule has 0 saturated carbocycles. The predicted octanol–water partition coefficient (Wildman–Crippen LogP) is 1.17. The number of hydrogen-bond acceptors (Lipinski definition) is 3. The third-order valence-electron chi connectivity index (χ3n) is 1.95. The molecule has 3 nitrogen and oxygen atoms in total. The fraction of sp³-hybridized carbons (Fsp3) is 0.400. The summed E-state index contributed by atoms with van der Waals surface area (Å²) in [5.74, 6) is 0.891. The molecule has 72 valence electrons. The Morgan fingerprint density at radius 1 is 1.38 bits per heavy atom. The number of anilines is 1. The van der Waals surface area contributed by atoms with Crippen molar-refractivity contribution < 1.29 is 4.74 Å². The summed E-state index contributed by atoms with van der Waals surface area (Å²) in [7, 11) is 1.66. The number of rotatable bonds is 4. The lowest BCUT2D eigenvalue weighted by atomic mass is 10.1. The van der Waals surface area contributed by atoms with Crippen LogP contribution in [0.2, 0.25) is 0 Å². The Morgan fingerprint density at radius 2 is 2.15 bits per heavy atom. The van der Waals surface area contributed by atoms with Crippen LogP contribution in [0.5, 0.6) is 5.75 Å². The van der Waals surface area contributed by atoms with Crippen molar-refractivity contribution in [3.8, 4) is 5.75 Å². The van der Waals surface area contributed by atoms with E-state index in [4.69, 9.17) is 16.2 Å². The Morgan fingerprint density at radius 3 is 2.77 bits per heavy atom. The van der Waals surface area contributed by atoms with Gasteiger partial charge in [0.2, 0.25) is 0 Å². The molecular formula is C10H16N2O. The molecular weight excluding hydrogens is 164 g/mol. The molecule has 0 amide bonds. The van der Waals surface area contributed by atoms with Crippen molar-refractivity contribution in [2.24, 2.45) is 5.73 Å². The van der Waals surface area contributed by atoms with Crippen LogP contribution >= 0.6 is 0 Å². The molecule has 1 aromatic carbocycles. The first-order valence-corrected chi connectivity index (χ1v) is 4.40. The number of methoxy groups -OCH3 is 1. The third kappa shape index (κ3) is 2.63. The molecule has 0 fully saturated rings. The summed E-state index contributed by atoms with van der Waals surface area (Å²) in [6.07, 6.45) is 1.88. The second kappa shape index (κ2) is 4.72. The van der Waals surface area contributed by atoms with Gasteiger partial charge in [-0.25, -0.2) is 0 Å². The number of nitrogens with two attached hydrogens (primary N) is 2. The molecule has 0 saturated heterocycles. The lowest BCUT2D eigenvalue weighted by Crippen LogP contribution is -2.02. The first-order chi connectivity index (χ1) is 6.27. The van der Waals surface area contributed by atoms with E-state index in [1.165, 1.54) is 0 Å². The zero-order chi connectivity index (χ0) is 9.68. The molecule has 0 radical (unpaired) electrons. The Balaban J connectivity index is 2.81. The largest absolute Gasteiger partial charge is 0.496 e. The molecule has 1 rings (SSSR count). The maximum absolute atomic E-state index is 5.67. The van der Waals surface area contributed by atoms with Gasteiger partial charge in [-0.3, -0.25) is 0 Å². The van der Waals surface area contributed by atoms with Crippen LogP contribution in [-0.2, 0) is 6.42 Å². The van der Waals surface area contributed by atoms with E-state index in [0.29, 0.717) is 6.54 Å². The third-order valence-corrected chi connectivity index (χ3v) is 1.95. The van der Waals surface area contributed by atoms with Crippen LogP contribution in [0.3, 0.4) is 0 Å². The van der Waals surface area contributed by atoms with E-state index in [0.717, 1.165) is 29.8 Å². The molecule has 0 aliphatic carbocycles. The Labute approximate surface area is 78.7 Å². The van der Waals surface area contributed by atoms with Crippen LogP contribution in [0.1, 0.15) is 12.0 Å². The maximum atomic E-state index is 5.67. The number of benzene rings is 1. The molecule has 1 aromatic rings. The van der Waals surface area contributed by atoms with Crippen LogP contribution in [0.15, 0.2) is 18.2 Å². The summed E-state index contributed by atoms with van der Waals surface area (Å²) in [6, 6.07) is 5.67. The van der Waals surface area contributed by atoms with Crippen LogP contribution in [0, 0.1) is 0 Å². The van der Waals surface area contributed by atoms with E-state index in [-0.39, 0.29) is 0 Å². The fourth-order valence-electron chi connectivity index (χ4n) is 1.29. The highest BCUT2D eigenvalue weighted by atomic mass is 16.5. The molecule has 0 spiro atoms. The van der Waals surface area contributed by atoms with Crippen molar-refractivity contribution in [3.63, 3.8) is 0 Å². The quantitative estimate of drug-likeness (QED) is 0.684. The molecule has 0 aliphatic heterocycles. The van der Waals surface area contributed by atoms with Crippen LogP contribution in [-0.4, -0.2) is 13.7 Å². The molecule has 13 heavy (non-hydrogen) atoms. The molecule has 0 atom stereocenters. The normalized spacial score (nSPS) is 10.0. The van der Waals surface area contributed by atoms with Gasteiger partial charge in [0.1, 0.15) is 5.75 Å². The summed E-state index contributed by atoms with van der Waals surface area (Å²) in [6.45, 7) is 0.692. The maximum Gasteiger partial charge on any atom is 0.122 e. The highest BCUT2D eigenvalue weighted by Crippen LogP contribution is 2.21. The van der Waals surface area contributed by atoms with E-state index >= 15 is 0 Å². The summed E-state index contributed by atoms with van der Waals surface area (Å²) in [5, 5.41) is 0. The second-order valence-electron chi connectivity index (χ2n) is 2.96. The number of aryl methyl sites for hydroxylation is 1. The number of hydrogen-bond donors (Lipinski definition) is 2. The number of ether oxygens (including phenoxy) is 1. The van der Waals surface area contributed by atoms with Gasteiger partial charge in [-0.1, -0.05) is 0 Å². The van der Waals surface area contributed by atoms with Crippen molar-refractivity contribution in [3.05, 3.63) is 23.8 Å². The van der Waals surface area contributed by atoms with Gasteiger partial charge >= 0.3 is 0 Å². The summed E-state index contributed by atoms with van der Waals surface area (Å²) < 4.78 is 5.20. The monoisotopic (exact) mass is 180 g/mol. The van der Waals surface area contributed by atoms with E-state index in [9.17, 15) is 0 Å². The van der Waals surface area contributed by atoms with Crippen molar-refractivity contribution in [2.45, 2.75) is 12.8 Å². The molecule has 0 aromatic heterocycles. The van der Waals surface area contributed by atoms with Gasteiger partial charge in [-0.05, 0) is 43.1 Å². The van der Waals surface area contributed by atoms with E-state index in [2.05, 4.69) is 0 Å². The van der Waals surface area contributed by atoms with E-state index in [1.54, 1.807) is 7.11 Å². The summed E-state index contributed by atoms with van der Waals surface area (Å²) in [4.78, 5) is 0. The van der Waals surface area contributed by atoms with Crippen molar-refractivity contribution in [2.75, 3.05) is 19.4 Å². The lowest BCUT2D eigenvalue weighted by Gasteiger charge is -2.08. The van der Waals surface area contributed by atoms with Crippen molar-refractivity contribution >= 4 is 5.69 Å². The standard InChI is InChI=1S/C10H16N2O/c1-13-10-5-4-9(12)7-8(10)3-2-6-11/h4-5,7H,2-3,6,11-12H2,1H3. The van der Waals surface area contributed by atoms with Gasteiger partial charge in [0.05, 0.1) is 7.11 Å². The molecule has 0 bridgehead atoms. The van der Waals surface area contributed by atoms with Crippen LogP contribution < -0.4 is 16.2 Å². The Bertz CT molecular complexity index is 274. The van der Waals surface area contributed by atoms with Gasteiger partial charge in [-0.15, -0.1) is 0 Å². The summed E-state index contributed by atoms with van der Waals surface area (Å²) in [5.41, 5.74) is 13.0. The molecule has 0 heterocycles. The zero-order valence-corrected chi connectivity index (χ0v) is 7.92. The first kappa shape index (κ1) is 9.86. The van der Waals surface area contributed by atoms with Gasteiger partial charge in [0.15, 0.2) is 0 Å². The predicted molar refractivity (Wildman–Crippen MR) is 54.8 cm³/mol. The van der Waals surface area contributed by atoms with Gasteiger partial charge in [-0.2, -0.15) is 0 Å². The molecule has 0 unspecified atom stereocenters. The Hall–Kier alpha value is -1.22. The highest BCUT2D eigenvalue weighted by Gasteiger charge is 2.01. The highest BCUT2D eigenvalue weighted by molar-refractivity contribution is 5.47. The van der Waals surface area contributed by atoms with E-state index in [1.807, 2.05) is 18.2 Å². The minimum Gasteiger partial charge on any atom is -0.496 e. The van der Waals surface area contributed by atoms with Crippen LogP contribution in [0.4, 0.5) is 5.69 Å². The smallest absolute Gasteiger partial charge is 0.122 e. The molecule has 0 aliphatic rings. The number of nitrogen functional groups attached to an aromatic ring is 1. The molecule has 4 N–H and O–H groups in total. The average molecular weight is 180 g/mol. The van der Waals surface area contributed by atoms with Crippen molar-refractivity contribution in [1.82, 2.24) is 0 Å². The van der Waals surface area contributed by atoms with E-state index < -0.39 is 0 Å². The topological polar surface area (TPSA) is 61.3 Å². The second-order valence-corrected chi connectivity index (χ2v) is 2.96. The summed E-state index contributed by atoms with van der Waals surface area (Å²) >= 11 is 0. The van der Waals surface area contributed by atoms with Gasteiger partial charge in [0, 0.05) is 5.69 Å². The Kier molecular flexibility index (Phi) is 3.58. The zero-order valence-electron chi connectivity index (χ0n) is 7.92. The average Bonchev–Trinajstić information content (AvgIpc) is 2.15. The molecule has 3 heteroatoms. The minimum absolute atomic E-state index is 0.692. The van der Waals surface area contributed by atoms with Gasteiger partial charge in [0.25, 0.3) is 0 Å². The van der Waals surface area contributed by atoms with Crippen molar-refractivity contribution in [1.29, 1.82) is 0 Å². The first-order valence-electron chi connectivity index (χ1n) is 4.40.